The lowest BCUT2D eigenvalue weighted by atomic mass is 9.85. The normalized spacial score (nSPS) is 11.2. The van der Waals surface area contributed by atoms with E-state index in [4.69, 9.17) is 4.74 Å². The zero-order chi connectivity index (χ0) is 26.3. The van der Waals surface area contributed by atoms with Gasteiger partial charge >= 0.3 is 5.97 Å². The van der Waals surface area contributed by atoms with E-state index >= 15 is 0 Å². The van der Waals surface area contributed by atoms with E-state index in [0.717, 1.165) is 0 Å². The summed E-state index contributed by atoms with van der Waals surface area (Å²) in [6.45, 7) is 0. The van der Waals surface area contributed by atoms with Crippen LogP contribution in [-0.4, -0.2) is 28.1 Å². The Kier molecular flexibility index (Phi) is 7.46. The van der Waals surface area contributed by atoms with Gasteiger partial charge in [-0.2, -0.15) is 5.10 Å². The van der Waals surface area contributed by atoms with Crippen LogP contribution in [-0.2, 0) is 10.4 Å². The Bertz CT molecular complexity index is 1400. The number of hydrogen-bond donors (Lipinski definition) is 2. The third-order valence-corrected chi connectivity index (χ3v) is 5.47. The second-order valence-electron chi connectivity index (χ2n) is 7.91. The van der Waals surface area contributed by atoms with Crippen molar-refractivity contribution >= 4 is 23.8 Å². The van der Waals surface area contributed by atoms with Crippen molar-refractivity contribution in [2.24, 2.45) is 5.10 Å². The maximum Gasteiger partial charge on any atom is 0.343 e. The number of rotatable bonds is 8. The maximum atomic E-state index is 13.1. The average Bonchev–Trinajstić information content (AvgIpc) is 2.93. The van der Waals surface area contributed by atoms with Crippen molar-refractivity contribution in [1.82, 2.24) is 5.43 Å². The van der Waals surface area contributed by atoms with Gasteiger partial charge in [0.25, 0.3) is 11.6 Å². The quantitative estimate of drug-likeness (QED) is 0.124. The topological polar surface area (TPSA) is 131 Å². The molecule has 2 N–H and O–H groups in total. The van der Waals surface area contributed by atoms with Crippen LogP contribution in [0.25, 0.3) is 0 Å². The molecular weight excluding hydrogens is 474 g/mol. The number of aliphatic hydroxyl groups is 1. The van der Waals surface area contributed by atoms with Crippen molar-refractivity contribution < 1.29 is 24.4 Å². The highest BCUT2D eigenvalue weighted by Gasteiger charge is 2.39. The molecule has 0 spiro atoms. The molecule has 184 valence electrons. The lowest BCUT2D eigenvalue weighted by molar-refractivity contribution is -0.384. The van der Waals surface area contributed by atoms with Crippen LogP contribution < -0.4 is 10.2 Å². The van der Waals surface area contributed by atoms with Crippen LogP contribution >= 0.6 is 0 Å². The van der Waals surface area contributed by atoms with Gasteiger partial charge in [-0.05, 0) is 41.0 Å². The summed E-state index contributed by atoms with van der Waals surface area (Å²) in [6.07, 6.45) is 1.34. The molecule has 0 aromatic heterocycles. The summed E-state index contributed by atoms with van der Waals surface area (Å²) in [7, 11) is 0. The van der Waals surface area contributed by atoms with E-state index in [1.807, 2.05) is 0 Å². The highest BCUT2D eigenvalue weighted by atomic mass is 16.6. The van der Waals surface area contributed by atoms with Crippen LogP contribution in [0.1, 0.15) is 27.0 Å². The molecule has 4 rings (SSSR count). The number of nitro groups is 1. The fraction of sp³-hybridized carbons (Fsp3) is 0.0357. The average molecular weight is 495 g/mol. The lowest BCUT2D eigenvalue weighted by Crippen LogP contribution is -2.43. The van der Waals surface area contributed by atoms with Gasteiger partial charge in [0.1, 0.15) is 5.75 Å². The van der Waals surface area contributed by atoms with E-state index in [0.29, 0.717) is 16.7 Å². The number of non-ortho nitro benzene ring substituents is 1. The van der Waals surface area contributed by atoms with Gasteiger partial charge in [0.15, 0.2) is 5.60 Å². The molecule has 9 nitrogen and oxygen atoms in total. The van der Waals surface area contributed by atoms with Crippen molar-refractivity contribution in [2.75, 3.05) is 0 Å². The fourth-order valence-electron chi connectivity index (χ4n) is 3.58. The molecule has 0 fully saturated rings. The van der Waals surface area contributed by atoms with E-state index in [1.165, 1.54) is 36.5 Å². The van der Waals surface area contributed by atoms with Gasteiger partial charge in [-0.15, -0.1) is 0 Å². The van der Waals surface area contributed by atoms with Crippen LogP contribution in [0.5, 0.6) is 5.75 Å². The highest BCUT2D eigenvalue weighted by molar-refractivity contribution is 5.92. The number of carbonyl (C=O) groups is 2. The summed E-state index contributed by atoms with van der Waals surface area (Å²) in [5.41, 5.74) is 1.71. The molecule has 0 heterocycles. The van der Waals surface area contributed by atoms with Crippen molar-refractivity contribution in [3.05, 3.63) is 142 Å². The van der Waals surface area contributed by atoms with Gasteiger partial charge in [-0.25, -0.2) is 10.2 Å². The van der Waals surface area contributed by atoms with E-state index in [-0.39, 0.29) is 17.0 Å². The maximum absolute atomic E-state index is 13.1. The fourth-order valence-corrected chi connectivity index (χ4v) is 3.58. The first-order valence-electron chi connectivity index (χ1n) is 11.1. The Labute approximate surface area is 211 Å². The minimum Gasteiger partial charge on any atom is -0.423 e. The van der Waals surface area contributed by atoms with E-state index in [9.17, 15) is 24.8 Å². The molecule has 0 bridgehead atoms. The second-order valence-corrected chi connectivity index (χ2v) is 7.91. The predicted molar refractivity (Wildman–Crippen MR) is 136 cm³/mol. The van der Waals surface area contributed by atoms with Gasteiger partial charge < -0.3 is 9.84 Å². The van der Waals surface area contributed by atoms with Crippen LogP contribution in [0.15, 0.2) is 114 Å². The van der Waals surface area contributed by atoms with Gasteiger partial charge in [0, 0.05) is 12.1 Å². The molecule has 0 unspecified atom stereocenters. The number of carbonyl (C=O) groups excluding carboxylic acids is 2. The number of hydrazone groups is 1. The molecule has 0 aliphatic heterocycles. The van der Waals surface area contributed by atoms with Crippen molar-refractivity contribution in [3.63, 3.8) is 0 Å². The Morgan fingerprint density at radius 1 is 0.865 bits per heavy atom. The molecule has 0 atom stereocenters. The number of esters is 1. The molecule has 4 aromatic carbocycles. The Morgan fingerprint density at radius 2 is 1.46 bits per heavy atom. The molecule has 0 saturated carbocycles. The van der Waals surface area contributed by atoms with Crippen molar-refractivity contribution in [2.45, 2.75) is 5.60 Å². The van der Waals surface area contributed by atoms with Crippen molar-refractivity contribution in [3.8, 4) is 5.75 Å². The van der Waals surface area contributed by atoms with Gasteiger partial charge in [-0.3, -0.25) is 14.9 Å². The Hall–Kier alpha value is -5.15. The monoisotopic (exact) mass is 495 g/mol. The summed E-state index contributed by atoms with van der Waals surface area (Å²) in [5, 5.41) is 26.2. The number of nitrogens with one attached hydrogen (secondary N) is 1. The number of hydrogen-bond acceptors (Lipinski definition) is 7. The summed E-state index contributed by atoms with van der Waals surface area (Å²) in [6, 6.07) is 28.5. The van der Waals surface area contributed by atoms with Gasteiger partial charge in [-0.1, -0.05) is 72.8 Å². The van der Waals surface area contributed by atoms with Crippen LogP contribution in [0.4, 0.5) is 5.69 Å². The summed E-state index contributed by atoms with van der Waals surface area (Å²) >= 11 is 0. The minimum atomic E-state index is -1.97. The minimum absolute atomic E-state index is 0.136. The number of amides is 1. The van der Waals surface area contributed by atoms with E-state index in [1.54, 1.807) is 78.9 Å². The zero-order valence-corrected chi connectivity index (χ0v) is 19.4. The first-order chi connectivity index (χ1) is 17.9. The Morgan fingerprint density at radius 3 is 2.03 bits per heavy atom. The summed E-state index contributed by atoms with van der Waals surface area (Å²) in [4.78, 5) is 35.7. The molecule has 9 heteroatoms. The molecule has 37 heavy (non-hydrogen) atoms. The first kappa shape index (κ1) is 25.0. The molecule has 1 amide bonds. The smallest absolute Gasteiger partial charge is 0.343 e. The number of benzene rings is 4. The summed E-state index contributed by atoms with van der Waals surface area (Å²) < 4.78 is 5.34. The highest BCUT2D eigenvalue weighted by Crippen LogP contribution is 2.29. The molecule has 0 aliphatic rings. The first-order valence-corrected chi connectivity index (χ1v) is 11.1. The molecule has 0 radical (unpaired) electrons. The number of nitro benzene ring substituents is 1. The van der Waals surface area contributed by atoms with Crippen LogP contribution in [0, 0.1) is 10.1 Å². The largest absolute Gasteiger partial charge is 0.423 e. The third kappa shape index (κ3) is 5.75. The van der Waals surface area contributed by atoms with Gasteiger partial charge in [0.2, 0.25) is 0 Å². The standard InChI is InChI=1S/C28H21N3O6/c32-26(21-14-16-24(17-15-21)31(35)36)37-25-13-7-8-20(18-25)19-29-30-27(33)28(34,22-9-3-1-4-10-22)23-11-5-2-6-12-23/h1-19,34H,(H,30,33)/b29-19-. The van der Waals surface area contributed by atoms with Crippen LogP contribution in [0.3, 0.4) is 0 Å². The van der Waals surface area contributed by atoms with Gasteiger partial charge in [0.05, 0.1) is 16.7 Å². The zero-order valence-electron chi connectivity index (χ0n) is 19.4. The second kappa shape index (κ2) is 11.1. The van der Waals surface area contributed by atoms with Crippen LogP contribution in [0.2, 0.25) is 0 Å². The lowest BCUT2D eigenvalue weighted by Gasteiger charge is -2.27. The molecule has 0 aliphatic carbocycles. The van der Waals surface area contributed by atoms with E-state index < -0.39 is 22.4 Å². The molecular formula is C28H21N3O6. The summed E-state index contributed by atoms with van der Waals surface area (Å²) in [5.74, 6) is -1.22. The van der Waals surface area contributed by atoms with Crippen molar-refractivity contribution in [1.29, 1.82) is 0 Å². The SMILES string of the molecule is O=C(Oc1cccc(/C=N\NC(=O)C(O)(c2ccccc2)c2ccccc2)c1)c1ccc([N+](=O)[O-])cc1. The van der Waals surface area contributed by atoms with E-state index in [2.05, 4.69) is 10.5 Å². The Balaban J connectivity index is 1.47. The predicted octanol–water partition coefficient (Wildman–Crippen LogP) is 4.20. The number of ether oxygens (including phenoxy) is 1. The molecule has 4 aromatic rings. The molecule has 0 saturated heterocycles. The number of nitrogens with zero attached hydrogens (tertiary/aromatic N) is 2. The third-order valence-electron chi connectivity index (χ3n) is 5.47.